The Morgan fingerprint density at radius 2 is 1.40 bits per heavy atom. The summed E-state index contributed by atoms with van der Waals surface area (Å²) in [5, 5.41) is 2.98. The number of allylic oxidation sites excluding steroid dienone is 4. The molecule has 1 amide bonds. The molecule has 1 aliphatic heterocycles. The van der Waals surface area contributed by atoms with E-state index in [1.54, 1.807) is 0 Å². The second kappa shape index (κ2) is 12.6. The molecule has 6 heteroatoms. The molecule has 0 fully saturated rings. The number of aryl methyl sites for hydroxylation is 2. The Morgan fingerprint density at radius 3 is 2.04 bits per heavy atom. The first-order valence-electron chi connectivity index (χ1n) is 16.7. The van der Waals surface area contributed by atoms with Gasteiger partial charge in [0.25, 0.3) is 5.91 Å². The van der Waals surface area contributed by atoms with Gasteiger partial charge in [0, 0.05) is 59.1 Å². The van der Waals surface area contributed by atoms with Crippen LogP contribution in [0.5, 0.6) is 5.75 Å². The number of para-hydroxylation sites is 1. The highest BCUT2D eigenvalue weighted by Gasteiger charge is 2.49. The lowest BCUT2D eigenvalue weighted by atomic mass is 9.63. The van der Waals surface area contributed by atoms with E-state index in [4.69, 9.17) is 4.74 Å². The largest absolute Gasteiger partial charge is 0.483 e. The second-order valence-corrected chi connectivity index (χ2v) is 15.1. The number of nitrogens with one attached hydrogen (secondary N) is 1. The van der Waals surface area contributed by atoms with Crippen molar-refractivity contribution < 1.29 is 19.1 Å². The smallest absolute Gasteiger partial charge is 0.262 e. The lowest BCUT2D eigenvalue weighted by molar-refractivity contribution is -0.120. The molecule has 1 N–H and O–H groups in total. The maximum Gasteiger partial charge on any atom is 0.262 e. The van der Waals surface area contributed by atoms with Crippen molar-refractivity contribution >= 4 is 23.2 Å². The lowest BCUT2D eigenvalue weighted by Gasteiger charge is -2.49. The van der Waals surface area contributed by atoms with Crippen molar-refractivity contribution in [1.29, 1.82) is 0 Å². The van der Waals surface area contributed by atoms with Crippen LogP contribution in [-0.2, 0) is 20.8 Å². The van der Waals surface area contributed by atoms with Gasteiger partial charge in [-0.15, -0.1) is 0 Å². The second-order valence-electron chi connectivity index (χ2n) is 15.1. The van der Waals surface area contributed by atoms with Gasteiger partial charge >= 0.3 is 0 Å². The minimum Gasteiger partial charge on any atom is -0.483 e. The van der Waals surface area contributed by atoms with Crippen LogP contribution in [-0.4, -0.2) is 35.5 Å². The summed E-state index contributed by atoms with van der Waals surface area (Å²) < 4.78 is 6.25. The van der Waals surface area contributed by atoms with Crippen LogP contribution < -0.4 is 10.1 Å². The quantitative estimate of drug-likeness (QED) is 0.271. The minimum atomic E-state index is -0.543. The molecule has 0 radical (unpaired) electrons. The molecule has 0 saturated carbocycles. The van der Waals surface area contributed by atoms with Gasteiger partial charge in [-0.05, 0) is 72.8 Å². The predicted molar refractivity (Wildman–Crippen MR) is 186 cm³/mol. The van der Waals surface area contributed by atoms with Crippen LogP contribution in [0.3, 0.4) is 0 Å². The summed E-state index contributed by atoms with van der Waals surface area (Å²) in [7, 11) is 0. The fourth-order valence-corrected chi connectivity index (χ4v) is 7.56. The SMILES string of the molecule is Cc1ccc(C)c(NC(=O)COc2ccccc2C2C3=C(CC(C)(C)CC3=O)N(CCc3ccccc3)C3=C2C(=O)CC(C)(C)C3)c1. The van der Waals surface area contributed by atoms with Crippen molar-refractivity contribution in [2.24, 2.45) is 10.8 Å². The Kier molecular flexibility index (Phi) is 8.73. The molecule has 6 nitrogen and oxygen atoms in total. The fourth-order valence-electron chi connectivity index (χ4n) is 7.56. The van der Waals surface area contributed by atoms with Crippen molar-refractivity contribution in [1.82, 2.24) is 4.90 Å². The number of amides is 1. The number of carbonyl (C=O) groups is 3. The normalized spacial score (nSPS) is 19.0. The van der Waals surface area contributed by atoms with Gasteiger partial charge in [-0.1, -0.05) is 88.4 Å². The summed E-state index contributed by atoms with van der Waals surface area (Å²) in [4.78, 5) is 44.0. The molecule has 0 aromatic heterocycles. The highest BCUT2D eigenvalue weighted by Crippen LogP contribution is 2.55. The average Bonchev–Trinajstić information content (AvgIpc) is 3.00. The van der Waals surface area contributed by atoms with Crippen molar-refractivity contribution in [3.8, 4) is 5.75 Å². The molecule has 244 valence electrons. The molecular weight excluding hydrogens is 584 g/mol. The monoisotopic (exact) mass is 630 g/mol. The van der Waals surface area contributed by atoms with E-state index in [1.807, 2.05) is 62.4 Å². The zero-order valence-corrected chi connectivity index (χ0v) is 28.5. The molecule has 0 spiro atoms. The number of Topliss-reactive ketones (excluding diaryl/α,β-unsaturated/α-hetero) is 2. The third-order valence-corrected chi connectivity index (χ3v) is 9.74. The molecular formula is C41H46N2O4. The third kappa shape index (κ3) is 6.83. The molecule has 1 heterocycles. The number of anilines is 1. The van der Waals surface area contributed by atoms with Crippen molar-refractivity contribution in [2.75, 3.05) is 18.5 Å². The topological polar surface area (TPSA) is 75.7 Å². The van der Waals surface area contributed by atoms with Crippen LogP contribution >= 0.6 is 0 Å². The van der Waals surface area contributed by atoms with Gasteiger partial charge in [-0.3, -0.25) is 14.4 Å². The number of benzene rings is 3. The summed E-state index contributed by atoms with van der Waals surface area (Å²) in [5.74, 6) is -0.135. The predicted octanol–water partition coefficient (Wildman–Crippen LogP) is 8.25. The summed E-state index contributed by atoms with van der Waals surface area (Å²) in [6, 6.07) is 23.9. The van der Waals surface area contributed by atoms with Gasteiger partial charge in [0.1, 0.15) is 5.75 Å². The maximum atomic E-state index is 14.3. The maximum absolute atomic E-state index is 14.3. The van der Waals surface area contributed by atoms with Crippen molar-refractivity contribution in [3.63, 3.8) is 0 Å². The van der Waals surface area contributed by atoms with Gasteiger partial charge in [0.05, 0.1) is 0 Å². The van der Waals surface area contributed by atoms with E-state index in [0.717, 1.165) is 53.0 Å². The Balaban J connectivity index is 1.41. The molecule has 6 rings (SSSR count). The molecule has 0 atom stereocenters. The molecule has 2 aliphatic carbocycles. The Labute approximate surface area is 278 Å². The highest BCUT2D eigenvalue weighted by molar-refractivity contribution is 6.07. The van der Waals surface area contributed by atoms with Crippen LogP contribution in [0.25, 0.3) is 0 Å². The zero-order valence-electron chi connectivity index (χ0n) is 28.5. The number of ketones is 2. The van der Waals surface area contributed by atoms with Crippen molar-refractivity contribution in [3.05, 3.63) is 118 Å². The van der Waals surface area contributed by atoms with Crippen LogP contribution in [0.2, 0.25) is 0 Å². The summed E-state index contributed by atoms with van der Waals surface area (Å²) in [6.45, 7) is 13.1. The lowest BCUT2D eigenvalue weighted by Crippen LogP contribution is -2.45. The van der Waals surface area contributed by atoms with Crippen LogP contribution in [0.15, 0.2) is 95.3 Å². The first kappa shape index (κ1) is 32.5. The van der Waals surface area contributed by atoms with E-state index in [-0.39, 0.29) is 34.9 Å². The van der Waals surface area contributed by atoms with E-state index in [0.29, 0.717) is 36.3 Å². The Morgan fingerprint density at radius 1 is 0.809 bits per heavy atom. The van der Waals surface area contributed by atoms with Crippen LogP contribution in [0.1, 0.15) is 81.5 Å². The summed E-state index contributed by atoms with van der Waals surface area (Å²) in [5.41, 5.74) is 7.82. The van der Waals surface area contributed by atoms with Gasteiger partial charge in [0.15, 0.2) is 18.2 Å². The van der Waals surface area contributed by atoms with Gasteiger partial charge in [-0.25, -0.2) is 0 Å². The number of rotatable bonds is 8. The summed E-state index contributed by atoms with van der Waals surface area (Å²) in [6.07, 6.45) is 3.12. The van der Waals surface area contributed by atoms with Gasteiger partial charge in [-0.2, -0.15) is 0 Å². The zero-order chi connectivity index (χ0) is 33.5. The first-order chi connectivity index (χ1) is 22.3. The van der Waals surface area contributed by atoms with Gasteiger partial charge in [0.2, 0.25) is 0 Å². The molecule has 3 aromatic rings. The van der Waals surface area contributed by atoms with E-state index in [9.17, 15) is 14.4 Å². The van der Waals surface area contributed by atoms with E-state index in [1.165, 1.54) is 5.56 Å². The molecule has 47 heavy (non-hydrogen) atoms. The number of hydrogen-bond acceptors (Lipinski definition) is 5. The number of hydrogen-bond donors (Lipinski definition) is 1. The van der Waals surface area contributed by atoms with E-state index in [2.05, 4.69) is 62.2 Å². The number of ether oxygens (including phenoxy) is 1. The average molecular weight is 631 g/mol. The van der Waals surface area contributed by atoms with E-state index >= 15 is 0 Å². The molecule has 0 saturated heterocycles. The fraction of sp³-hybridized carbons (Fsp3) is 0.390. The Bertz CT molecular complexity index is 1740. The number of carbonyl (C=O) groups excluding carboxylic acids is 3. The molecule has 3 aromatic carbocycles. The standard InChI is InChI=1S/C41H46N2O4/c1-26-16-17-27(2)30(20-26)42-36(46)25-47-35-15-11-10-14-29(35)37-38-31(21-40(3,4)23-33(38)44)43(19-18-28-12-8-7-9-13-28)32-22-41(5,6)24-34(45)39(32)37/h7-17,20,37H,18-19,21-25H2,1-6H3,(H,42,46). The van der Waals surface area contributed by atoms with Gasteiger partial charge < -0.3 is 15.0 Å². The summed E-state index contributed by atoms with van der Waals surface area (Å²) >= 11 is 0. The molecule has 3 aliphatic rings. The van der Waals surface area contributed by atoms with Crippen LogP contribution in [0, 0.1) is 24.7 Å². The van der Waals surface area contributed by atoms with Crippen molar-refractivity contribution in [2.45, 2.75) is 79.6 Å². The Hall–Kier alpha value is -4.45. The minimum absolute atomic E-state index is 0.0811. The van der Waals surface area contributed by atoms with E-state index < -0.39 is 5.92 Å². The highest BCUT2D eigenvalue weighted by atomic mass is 16.5. The number of nitrogens with zero attached hydrogens (tertiary/aromatic N) is 1. The molecule has 0 unspecified atom stereocenters. The molecule has 0 bridgehead atoms. The first-order valence-corrected chi connectivity index (χ1v) is 16.7. The third-order valence-electron chi connectivity index (χ3n) is 9.74. The van der Waals surface area contributed by atoms with Crippen LogP contribution in [0.4, 0.5) is 5.69 Å².